The van der Waals surface area contributed by atoms with E-state index in [-0.39, 0.29) is 10.8 Å². The molecular formula is C18H30O3Si. The molecule has 0 saturated carbocycles. The average molecular weight is 323 g/mol. The fraction of sp³-hybridized carbons (Fsp3) is 0.611. The Morgan fingerprint density at radius 3 is 2.36 bits per heavy atom. The van der Waals surface area contributed by atoms with E-state index in [9.17, 15) is 4.79 Å². The number of hydrogen-bond acceptors (Lipinski definition) is 3. The first kappa shape index (κ1) is 19.1. The third-order valence-electron chi connectivity index (χ3n) is 4.27. The zero-order valence-corrected chi connectivity index (χ0v) is 15.6. The van der Waals surface area contributed by atoms with E-state index in [4.69, 9.17) is 9.16 Å². The van der Waals surface area contributed by atoms with Gasteiger partial charge >= 0.3 is 0 Å². The van der Waals surface area contributed by atoms with Gasteiger partial charge in [0.05, 0.1) is 12.8 Å². The largest absolute Gasteiger partial charge is 0.414 e. The number of benzene rings is 1. The van der Waals surface area contributed by atoms with Crippen LogP contribution in [0.2, 0.25) is 11.6 Å². The second kappa shape index (κ2) is 8.60. The van der Waals surface area contributed by atoms with Crippen molar-refractivity contribution in [3.05, 3.63) is 35.9 Å². The smallest absolute Gasteiger partial charge is 0.220 e. The number of carbonyl (C=O) groups is 1. The molecule has 1 rings (SSSR count). The molecule has 1 unspecified atom stereocenters. The minimum Gasteiger partial charge on any atom is -0.414 e. The maximum Gasteiger partial charge on any atom is 0.220 e. The van der Waals surface area contributed by atoms with Gasteiger partial charge < -0.3 is 9.16 Å². The molecule has 1 aromatic rings. The predicted molar refractivity (Wildman–Crippen MR) is 93.3 cm³/mol. The molecule has 1 aromatic carbocycles. The van der Waals surface area contributed by atoms with E-state index >= 15 is 0 Å². The van der Waals surface area contributed by atoms with Crippen LogP contribution in [0.1, 0.15) is 46.1 Å². The van der Waals surface area contributed by atoms with E-state index in [1.165, 1.54) is 5.56 Å². The highest BCUT2D eigenvalue weighted by atomic mass is 28.4. The highest BCUT2D eigenvalue weighted by Crippen LogP contribution is 2.37. The molecule has 22 heavy (non-hydrogen) atoms. The molecule has 0 N–H and O–H groups in total. The van der Waals surface area contributed by atoms with Crippen molar-refractivity contribution in [3.63, 3.8) is 0 Å². The van der Waals surface area contributed by atoms with Crippen LogP contribution in [0.15, 0.2) is 30.3 Å². The summed E-state index contributed by atoms with van der Waals surface area (Å²) in [6.45, 7) is 11.8. The molecule has 0 spiro atoms. The summed E-state index contributed by atoms with van der Waals surface area (Å²) in [6.07, 6.45) is 1.74. The molecule has 0 bridgehead atoms. The highest BCUT2D eigenvalue weighted by molar-refractivity contribution is 6.75. The summed E-state index contributed by atoms with van der Waals surface area (Å²) in [5, 5.41) is 0.0684. The number of carbonyl (C=O) groups excluding carboxylic acids is 1. The molecule has 0 fully saturated rings. The van der Waals surface area contributed by atoms with Gasteiger partial charge in [-0.2, -0.15) is 0 Å². The number of hydrogen-bond donors (Lipinski definition) is 0. The van der Waals surface area contributed by atoms with Crippen LogP contribution in [-0.4, -0.2) is 26.9 Å². The van der Waals surface area contributed by atoms with Crippen LogP contribution in [0.3, 0.4) is 0 Å². The first-order chi connectivity index (χ1) is 10.3. The Morgan fingerprint density at radius 1 is 1.18 bits per heavy atom. The Hall–Kier alpha value is -0.973. The summed E-state index contributed by atoms with van der Waals surface area (Å²) in [5.74, 6) is 0.260. The first-order valence-corrected chi connectivity index (χ1v) is 10.7. The van der Waals surface area contributed by atoms with Gasteiger partial charge in [-0.25, -0.2) is 0 Å². The van der Waals surface area contributed by atoms with Crippen molar-refractivity contribution in [2.45, 2.75) is 58.7 Å². The number of ether oxygens (including phenoxy) is 1. The van der Waals surface area contributed by atoms with Gasteiger partial charge in [-0.15, -0.1) is 0 Å². The molecule has 0 radical (unpaired) electrons. The molecule has 1 atom stereocenters. The van der Waals surface area contributed by atoms with E-state index in [0.29, 0.717) is 32.3 Å². The lowest BCUT2D eigenvalue weighted by atomic mass is 10.2. The fourth-order valence-electron chi connectivity index (χ4n) is 1.98. The van der Waals surface area contributed by atoms with Crippen molar-refractivity contribution in [1.82, 2.24) is 0 Å². The van der Waals surface area contributed by atoms with Crippen LogP contribution < -0.4 is 0 Å². The van der Waals surface area contributed by atoms with Gasteiger partial charge in [-0.05, 0) is 17.1 Å². The van der Waals surface area contributed by atoms with Crippen molar-refractivity contribution >= 4 is 14.1 Å². The summed E-state index contributed by atoms with van der Waals surface area (Å²) in [5.41, 5.74) is 1.17. The SMILES string of the molecule is CCC(=O)CCO[Si](C)(COCc1ccccc1)C(C)(C)C. The van der Waals surface area contributed by atoms with Crippen molar-refractivity contribution in [2.75, 3.05) is 12.8 Å². The number of ketones is 1. The van der Waals surface area contributed by atoms with Crippen LogP contribution in [0.25, 0.3) is 0 Å². The number of Topliss-reactive ketones (excluding diaryl/α,β-unsaturated/α-hetero) is 1. The minimum atomic E-state index is -2.06. The zero-order valence-electron chi connectivity index (χ0n) is 14.6. The van der Waals surface area contributed by atoms with Gasteiger partial charge in [-0.3, -0.25) is 4.79 Å². The first-order valence-electron chi connectivity index (χ1n) is 8.06. The highest BCUT2D eigenvalue weighted by Gasteiger charge is 2.42. The van der Waals surface area contributed by atoms with Crippen molar-refractivity contribution in [2.24, 2.45) is 0 Å². The van der Waals surface area contributed by atoms with Crippen LogP contribution >= 0.6 is 0 Å². The molecule has 0 saturated heterocycles. The van der Waals surface area contributed by atoms with Gasteiger partial charge in [0.25, 0.3) is 0 Å². The van der Waals surface area contributed by atoms with Crippen molar-refractivity contribution < 1.29 is 14.0 Å². The average Bonchev–Trinajstić information content (AvgIpc) is 2.47. The Labute approximate surface area is 136 Å². The van der Waals surface area contributed by atoms with Crippen LogP contribution in [0.4, 0.5) is 0 Å². The van der Waals surface area contributed by atoms with E-state index in [2.05, 4.69) is 39.5 Å². The number of rotatable bonds is 9. The molecule has 0 aliphatic heterocycles. The third-order valence-corrected chi connectivity index (χ3v) is 9.04. The Kier molecular flexibility index (Phi) is 7.46. The Morgan fingerprint density at radius 2 is 1.82 bits per heavy atom. The van der Waals surface area contributed by atoms with Gasteiger partial charge in [0.2, 0.25) is 8.32 Å². The van der Waals surface area contributed by atoms with Crippen LogP contribution in [0, 0.1) is 0 Å². The second-order valence-corrected chi connectivity index (χ2v) is 11.5. The molecular weight excluding hydrogens is 292 g/mol. The lowest BCUT2D eigenvalue weighted by Crippen LogP contribution is -2.49. The van der Waals surface area contributed by atoms with Gasteiger partial charge in [0.15, 0.2) is 0 Å². The molecule has 3 nitrogen and oxygen atoms in total. The summed E-state index contributed by atoms with van der Waals surface area (Å²) in [6, 6.07) is 10.2. The third kappa shape index (κ3) is 6.03. The minimum absolute atomic E-state index is 0.0684. The van der Waals surface area contributed by atoms with Crippen molar-refractivity contribution in [1.29, 1.82) is 0 Å². The predicted octanol–water partition coefficient (Wildman–Crippen LogP) is 4.50. The standard InChI is InChI=1S/C18H30O3Si/c1-6-17(19)12-13-21-22(5,18(2,3)4)15-20-14-16-10-8-7-9-11-16/h7-11H,6,12-15H2,1-5H3. The Balaban J connectivity index is 2.54. The molecule has 0 aromatic heterocycles. The van der Waals surface area contributed by atoms with E-state index in [1.54, 1.807) is 0 Å². The van der Waals surface area contributed by atoms with E-state index in [0.717, 1.165) is 0 Å². The van der Waals surface area contributed by atoms with Gasteiger partial charge in [-0.1, -0.05) is 58.0 Å². The van der Waals surface area contributed by atoms with Crippen LogP contribution in [0.5, 0.6) is 0 Å². The van der Waals surface area contributed by atoms with Gasteiger partial charge in [0.1, 0.15) is 5.78 Å². The maximum atomic E-state index is 11.5. The lowest BCUT2D eigenvalue weighted by Gasteiger charge is -2.39. The Bertz CT molecular complexity index is 453. The molecule has 0 amide bonds. The van der Waals surface area contributed by atoms with Crippen LogP contribution in [-0.2, 0) is 20.6 Å². The quantitative estimate of drug-likeness (QED) is 0.628. The topological polar surface area (TPSA) is 35.5 Å². The normalized spacial score (nSPS) is 14.6. The second-order valence-electron chi connectivity index (χ2n) is 6.95. The molecule has 0 heterocycles. The summed E-state index contributed by atoms with van der Waals surface area (Å²) >= 11 is 0. The van der Waals surface area contributed by atoms with Gasteiger partial charge in [0, 0.05) is 19.4 Å². The molecule has 124 valence electrons. The summed E-state index contributed by atoms with van der Waals surface area (Å²) in [7, 11) is -2.06. The van der Waals surface area contributed by atoms with Crippen molar-refractivity contribution in [3.8, 4) is 0 Å². The summed E-state index contributed by atoms with van der Waals surface area (Å²) in [4.78, 5) is 11.5. The monoisotopic (exact) mass is 322 g/mol. The molecule has 0 aliphatic rings. The molecule has 0 aliphatic carbocycles. The fourth-order valence-corrected chi connectivity index (χ4v) is 3.97. The lowest BCUT2D eigenvalue weighted by molar-refractivity contribution is -0.119. The molecule has 4 heteroatoms. The van der Waals surface area contributed by atoms with E-state index in [1.807, 2.05) is 25.1 Å². The van der Waals surface area contributed by atoms with E-state index < -0.39 is 8.32 Å². The maximum absolute atomic E-state index is 11.5. The summed E-state index contributed by atoms with van der Waals surface area (Å²) < 4.78 is 12.1. The zero-order chi connectivity index (χ0) is 16.6.